The van der Waals surface area contributed by atoms with Crippen molar-refractivity contribution in [1.82, 2.24) is 5.84 Å². The van der Waals surface area contributed by atoms with Crippen molar-refractivity contribution in [3.05, 3.63) is 40.3 Å². The fourth-order valence-electron chi connectivity index (χ4n) is 1.25. The van der Waals surface area contributed by atoms with Gasteiger partial charge in [0.2, 0.25) is 5.90 Å². The second kappa shape index (κ2) is 3.79. The summed E-state index contributed by atoms with van der Waals surface area (Å²) in [6.45, 7) is 1.38. The maximum Gasteiger partial charge on any atom is 0.362 e. The van der Waals surface area contributed by atoms with E-state index in [1.165, 1.54) is 0 Å². The maximum atomic E-state index is 8.27. The first-order valence-electron chi connectivity index (χ1n) is 4.28. The van der Waals surface area contributed by atoms with Gasteiger partial charge in [0.1, 0.15) is 12.2 Å². The van der Waals surface area contributed by atoms with Gasteiger partial charge in [-0.1, -0.05) is 0 Å². The first-order chi connectivity index (χ1) is 6.90. The van der Waals surface area contributed by atoms with Crippen LogP contribution in [-0.2, 0) is 4.74 Å². The normalized spacial score (nSPS) is 13.9. The largest absolute Gasteiger partial charge is 0.476 e. The van der Waals surface area contributed by atoms with Gasteiger partial charge in [-0.2, -0.15) is 0 Å². The van der Waals surface area contributed by atoms with Crippen molar-refractivity contribution in [3.63, 3.8) is 0 Å². The summed E-state index contributed by atoms with van der Waals surface area (Å²) in [7, 11) is 0. The fraction of sp³-hybridized carbons (Fsp3) is 0.200. The lowest BCUT2D eigenvalue weighted by Gasteiger charge is -1.99. The van der Waals surface area contributed by atoms with E-state index in [0.29, 0.717) is 12.5 Å². The van der Waals surface area contributed by atoms with Gasteiger partial charge < -0.3 is 4.74 Å². The number of hydrogen-bond acceptors (Lipinski definition) is 2. The van der Waals surface area contributed by atoms with E-state index in [0.717, 1.165) is 17.7 Å². The number of hydrogen-bond donors (Lipinski definition) is 0. The second-order valence-corrected chi connectivity index (χ2v) is 2.82. The third-order valence-electron chi connectivity index (χ3n) is 1.90. The highest BCUT2D eigenvalue weighted by Gasteiger charge is 2.09. The summed E-state index contributed by atoms with van der Waals surface area (Å²) in [5.41, 5.74) is 1.65. The zero-order valence-corrected chi connectivity index (χ0v) is 7.47. The van der Waals surface area contributed by atoms with Crippen LogP contribution in [0.5, 0.6) is 0 Å². The molecule has 0 amide bonds. The molecule has 1 heterocycles. The van der Waals surface area contributed by atoms with Gasteiger partial charge in [0.05, 0.1) is 6.54 Å². The van der Waals surface area contributed by atoms with Crippen molar-refractivity contribution >= 4 is 5.90 Å². The molecule has 68 valence electrons. The van der Waals surface area contributed by atoms with Crippen LogP contribution in [0.2, 0.25) is 0 Å². The predicted octanol–water partition coefficient (Wildman–Crippen LogP) is 1.13. The molecule has 0 unspecified atom stereocenters. The number of nitrogens with zero attached hydrogens (tertiary/aromatic N) is 3. The van der Waals surface area contributed by atoms with E-state index in [1.54, 1.807) is 12.1 Å². The van der Waals surface area contributed by atoms with Crippen molar-refractivity contribution in [2.24, 2.45) is 4.99 Å². The van der Waals surface area contributed by atoms with Crippen LogP contribution < -0.4 is 5.84 Å². The molecular weight excluding hydrogens is 178 g/mol. The van der Waals surface area contributed by atoms with Crippen LogP contribution in [-0.4, -0.2) is 19.0 Å². The van der Waals surface area contributed by atoms with Gasteiger partial charge in [-0.25, -0.2) is 4.99 Å². The summed E-state index contributed by atoms with van der Waals surface area (Å²) >= 11 is 0. The molecule has 0 saturated heterocycles. The van der Waals surface area contributed by atoms with Crippen LogP contribution in [0.4, 0.5) is 0 Å². The second-order valence-electron chi connectivity index (χ2n) is 2.82. The Balaban J connectivity index is 2.24. The van der Waals surface area contributed by atoms with Crippen LogP contribution in [0.15, 0.2) is 29.3 Å². The van der Waals surface area contributed by atoms with E-state index >= 15 is 0 Å². The molecule has 2 rings (SSSR count). The highest BCUT2D eigenvalue weighted by atomic mass is 16.5. The molecular formula is C10H8N3O+. The van der Waals surface area contributed by atoms with E-state index in [9.17, 15) is 0 Å². The lowest BCUT2D eigenvalue weighted by Crippen LogP contribution is -2.00. The Kier molecular flexibility index (Phi) is 2.32. The van der Waals surface area contributed by atoms with Crippen molar-refractivity contribution < 1.29 is 4.74 Å². The van der Waals surface area contributed by atoms with Gasteiger partial charge in [-0.05, 0) is 24.3 Å². The van der Waals surface area contributed by atoms with Gasteiger partial charge in [-0.15, -0.1) is 0 Å². The molecule has 0 aliphatic carbocycles. The number of aliphatic imine (C=N–C) groups is 1. The molecule has 0 bridgehead atoms. The summed E-state index contributed by atoms with van der Waals surface area (Å²) in [5.74, 6) is 8.94. The monoisotopic (exact) mass is 186 g/mol. The molecule has 1 aromatic carbocycles. The molecule has 1 aliphatic heterocycles. The lowest BCUT2D eigenvalue weighted by atomic mass is 10.1. The topological polar surface area (TPSA) is 48.2 Å². The molecule has 0 spiro atoms. The Morgan fingerprint density at radius 2 is 2.14 bits per heavy atom. The van der Waals surface area contributed by atoms with Crippen molar-refractivity contribution in [3.8, 4) is 6.07 Å². The maximum absolute atomic E-state index is 8.27. The zero-order valence-electron chi connectivity index (χ0n) is 7.47. The van der Waals surface area contributed by atoms with Crippen LogP contribution in [0.25, 0.3) is 4.95 Å². The van der Waals surface area contributed by atoms with Crippen LogP contribution in [0.1, 0.15) is 11.1 Å². The number of rotatable bonds is 1. The fourth-order valence-corrected chi connectivity index (χ4v) is 1.25. The standard InChI is InChI=1S/C10H8N3O/c11-13-7-8-1-3-9(4-2-8)10-12-5-6-14-10/h1-4H,5-6H2/q+1. The minimum Gasteiger partial charge on any atom is -0.476 e. The van der Waals surface area contributed by atoms with Crippen molar-refractivity contribution in [2.45, 2.75) is 0 Å². The van der Waals surface area contributed by atoms with E-state index in [2.05, 4.69) is 16.0 Å². The molecule has 0 aromatic heterocycles. The molecule has 1 aromatic rings. The molecule has 4 nitrogen and oxygen atoms in total. The Bertz CT molecular complexity index is 411. The van der Waals surface area contributed by atoms with Gasteiger partial charge >= 0.3 is 11.9 Å². The Morgan fingerprint density at radius 1 is 1.36 bits per heavy atom. The molecule has 1 aliphatic rings. The molecule has 4 heteroatoms. The minimum atomic E-state index is 0.654. The predicted molar refractivity (Wildman–Crippen MR) is 52.3 cm³/mol. The molecule has 0 fully saturated rings. The van der Waals surface area contributed by atoms with Gasteiger partial charge in [-0.3, -0.25) is 0 Å². The SMILES string of the molecule is [N][N+]#Cc1ccc(C2=NCCO2)cc1. The third kappa shape index (κ3) is 1.67. The Morgan fingerprint density at radius 3 is 2.71 bits per heavy atom. The van der Waals surface area contributed by atoms with Crippen LogP contribution in [0, 0.1) is 6.07 Å². The van der Waals surface area contributed by atoms with Gasteiger partial charge in [0, 0.05) is 5.56 Å². The third-order valence-corrected chi connectivity index (χ3v) is 1.90. The summed E-state index contributed by atoms with van der Waals surface area (Å²) in [6, 6.07) is 9.72. The summed E-state index contributed by atoms with van der Waals surface area (Å²) in [4.78, 5) is 7.00. The number of benzene rings is 1. The van der Waals surface area contributed by atoms with Crippen LogP contribution >= 0.6 is 0 Å². The van der Waals surface area contributed by atoms with Crippen molar-refractivity contribution in [1.29, 1.82) is 0 Å². The van der Waals surface area contributed by atoms with E-state index < -0.39 is 0 Å². The van der Waals surface area contributed by atoms with Gasteiger partial charge in [0.15, 0.2) is 4.95 Å². The zero-order chi connectivity index (χ0) is 9.80. The molecule has 14 heavy (non-hydrogen) atoms. The highest BCUT2D eigenvalue weighted by molar-refractivity contribution is 5.94. The quantitative estimate of drug-likeness (QED) is 0.606. The smallest absolute Gasteiger partial charge is 0.362 e. The summed E-state index contributed by atoms with van der Waals surface area (Å²) in [6.07, 6.45) is 0. The molecule has 2 radical (unpaired) electrons. The van der Waals surface area contributed by atoms with E-state index in [1.807, 2.05) is 12.1 Å². The minimum absolute atomic E-state index is 0.654. The molecule has 0 N–H and O–H groups in total. The average molecular weight is 186 g/mol. The number of ether oxygens (including phenoxy) is 1. The first-order valence-corrected chi connectivity index (χ1v) is 4.28. The first kappa shape index (κ1) is 8.57. The van der Waals surface area contributed by atoms with Crippen LogP contribution in [0.3, 0.4) is 0 Å². The van der Waals surface area contributed by atoms with E-state index in [-0.39, 0.29) is 0 Å². The highest BCUT2D eigenvalue weighted by Crippen LogP contribution is 2.08. The van der Waals surface area contributed by atoms with E-state index in [4.69, 9.17) is 10.6 Å². The summed E-state index contributed by atoms with van der Waals surface area (Å²) in [5, 5.41) is 0. The molecule has 0 saturated carbocycles. The van der Waals surface area contributed by atoms with Gasteiger partial charge in [0.25, 0.3) is 0 Å². The average Bonchev–Trinajstić information content (AvgIpc) is 2.72. The Labute approximate surface area is 81.8 Å². The lowest BCUT2D eigenvalue weighted by molar-refractivity contribution is 0.348. The molecule has 0 atom stereocenters. The van der Waals surface area contributed by atoms with Crippen molar-refractivity contribution in [2.75, 3.05) is 13.2 Å². The summed E-state index contributed by atoms with van der Waals surface area (Å²) < 4.78 is 5.30. The Hall–Kier alpha value is -2.02.